The van der Waals surface area contributed by atoms with Gasteiger partial charge in [0.25, 0.3) is 0 Å². The largest absolute Gasteiger partial charge is 0.480 e. The molecule has 0 fully saturated rings. The number of amides is 2. The SMILES string of the molecule is CC(C)C(N)C(=O)NC(CO)C(=O)NC(CS)C(=O)O. The molecule has 0 aromatic carbocycles. The molecule has 0 saturated carbocycles. The van der Waals surface area contributed by atoms with E-state index in [0.29, 0.717) is 0 Å². The smallest absolute Gasteiger partial charge is 0.327 e. The second-order valence-corrected chi connectivity index (χ2v) is 4.96. The van der Waals surface area contributed by atoms with Crippen molar-refractivity contribution in [3.63, 3.8) is 0 Å². The molecule has 0 aliphatic rings. The number of hydrogen-bond donors (Lipinski definition) is 6. The van der Waals surface area contributed by atoms with Gasteiger partial charge in [0.15, 0.2) is 0 Å². The minimum Gasteiger partial charge on any atom is -0.480 e. The van der Waals surface area contributed by atoms with Crippen LogP contribution in [0.25, 0.3) is 0 Å². The molecule has 20 heavy (non-hydrogen) atoms. The molecule has 0 spiro atoms. The predicted octanol–water partition coefficient (Wildman–Crippen LogP) is -2.05. The van der Waals surface area contributed by atoms with Crippen molar-refractivity contribution in [1.82, 2.24) is 10.6 Å². The van der Waals surface area contributed by atoms with E-state index in [4.69, 9.17) is 15.9 Å². The molecule has 0 aliphatic carbocycles. The number of rotatable bonds is 8. The van der Waals surface area contributed by atoms with Crippen molar-refractivity contribution >= 4 is 30.4 Å². The lowest BCUT2D eigenvalue weighted by atomic mass is 10.0. The maximum Gasteiger partial charge on any atom is 0.327 e. The Morgan fingerprint density at radius 2 is 1.65 bits per heavy atom. The number of aliphatic hydroxyl groups excluding tert-OH is 1. The molecule has 0 aliphatic heterocycles. The van der Waals surface area contributed by atoms with E-state index in [2.05, 4.69) is 23.3 Å². The van der Waals surface area contributed by atoms with Crippen LogP contribution in [0.5, 0.6) is 0 Å². The highest BCUT2D eigenvalue weighted by atomic mass is 32.1. The maximum atomic E-state index is 11.8. The number of carboxylic acids is 1. The first-order valence-electron chi connectivity index (χ1n) is 6.05. The van der Waals surface area contributed by atoms with Crippen molar-refractivity contribution in [3.8, 4) is 0 Å². The second-order valence-electron chi connectivity index (χ2n) is 4.60. The summed E-state index contributed by atoms with van der Waals surface area (Å²) < 4.78 is 0. The molecule has 0 saturated heterocycles. The van der Waals surface area contributed by atoms with Gasteiger partial charge in [0.05, 0.1) is 12.6 Å². The molecular weight excluding hydrogens is 286 g/mol. The number of carbonyl (C=O) groups excluding carboxylic acids is 2. The Morgan fingerprint density at radius 3 is 2.00 bits per heavy atom. The number of nitrogens with two attached hydrogens (primary N) is 1. The zero-order valence-electron chi connectivity index (χ0n) is 11.4. The molecule has 0 radical (unpaired) electrons. The first-order chi connectivity index (χ1) is 9.24. The van der Waals surface area contributed by atoms with Crippen molar-refractivity contribution in [1.29, 1.82) is 0 Å². The number of thiol groups is 1. The second kappa shape index (κ2) is 8.77. The van der Waals surface area contributed by atoms with E-state index in [9.17, 15) is 14.4 Å². The summed E-state index contributed by atoms with van der Waals surface area (Å²) in [4.78, 5) is 34.2. The molecule has 0 heterocycles. The van der Waals surface area contributed by atoms with E-state index in [1.807, 2.05) is 0 Å². The topological polar surface area (TPSA) is 142 Å². The van der Waals surface area contributed by atoms with Gasteiger partial charge in [0, 0.05) is 5.75 Å². The van der Waals surface area contributed by atoms with Gasteiger partial charge in [-0.25, -0.2) is 4.79 Å². The highest BCUT2D eigenvalue weighted by Gasteiger charge is 2.27. The molecule has 0 bridgehead atoms. The summed E-state index contributed by atoms with van der Waals surface area (Å²) in [5.74, 6) is -2.90. The van der Waals surface area contributed by atoms with Gasteiger partial charge in [-0.1, -0.05) is 13.8 Å². The van der Waals surface area contributed by atoms with Gasteiger partial charge in [-0.05, 0) is 5.92 Å². The summed E-state index contributed by atoms with van der Waals surface area (Å²) in [7, 11) is 0. The lowest BCUT2D eigenvalue weighted by Crippen LogP contribution is -2.56. The molecule has 6 N–H and O–H groups in total. The molecule has 9 heteroatoms. The summed E-state index contributed by atoms with van der Waals surface area (Å²) in [6, 6.07) is -3.28. The molecule has 0 aromatic heterocycles. The molecule has 2 amide bonds. The number of aliphatic hydroxyl groups is 1. The van der Waals surface area contributed by atoms with E-state index in [1.54, 1.807) is 13.8 Å². The Hall–Kier alpha value is -1.32. The quantitative estimate of drug-likeness (QED) is 0.285. The van der Waals surface area contributed by atoms with Crippen LogP contribution in [0.1, 0.15) is 13.8 Å². The molecule has 0 rings (SSSR count). The molecule has 3 unspecified atom stereocenters. The standard InChI is InChI=1S/C11H21N3O5S/c1-5(2)8(12)10(17)13-6(3-15)9(16)14-7(4-20)11(18)19/h5-8,15,20H,3-4,12H2,1-2H3,(H,13,17)(H,14,16)(H,18,19). The summed E-state index contributed by atoms with van der Waals surface area (Å²) >= 11 is 3.79. The van der Waals surface area contributed by atoms with Crippen LogP contribution in [0.2, 0.25) is 0 Å². The first-order valence-corrected chi connectivity index (χ1v) is 6.68. The minimum atomic E-state index is -1.26. The van der Waals surface area contributed by atoms with Gasteiger partial charge < -0.3 is 26.6 Å². The van der Waals surface area contributed by atoms with Crippen LogP contribution < -0.4 is 16.4 Å². The third-order valence-corrected chi connectivity index (χ3v) is 3.00. The number of carboxylic acid groups (broad SMARTS) is 1. The van der Waals surface area contributed by atoms with Gasteiger partial charge in [-0.3, -0.25) is 9.59 Å². The molecule has 3 atom stereocenters. The van der Waals surface area contributed by atoms with Crippen molar-refractivity contribution in [3.05, 3.63) is 0 Å². The summed E-state index contributed by atoms with van der Waals surface area (Å²) in [6.45, 7) is 2.81. The van der Waals surface area contributed by atoms with Crippen LogP contribution in [-0.4, -0.2) is 58.5 Å². The molecular formula is C11H21N3O5S. The lowest BCUT2D eigenvalue weighted by Gasteiger charge is -2.22. The van der Waals surface area contributed by atoms with Gasteiger partial charge in [-0.2, -0.15) is 12.6 Å². The van der Waals surface area contributed by atoms with Crippen LogP contribution in [0.3, 0.4) is 0 Å². The van der Waals surface area contributed by atoms with Crippen molar-refractivity contribution < 1.29 is 24.6 Å². The predicted molar refractivity (Wildman–Crippen MR) is 75.2 cm³/mol. The fourth-order valence-corrected chi connectivity index (χ4v) is 1.47. The Morgan fingerprint density at radius 1 is 1.15 bits per heavy atom. The van der Waals surface area contributed by atoms with E-state index in [-0.39, 0.29) is 11.7 Å². The number of nitrogens with one attached hydrogen (secondary N) is 2. The van der Waals surface area contributed by atoms with E-state index in [1.165, 1.54) is 0 Å². The fraction of sp³-hybridized carbons (Fsp3) is 0.727. The van der Waals surface area contributed by atoms with Gasteiger partial charge in [-0.15, -0.1) is 0 Å². The Kier molecular flexibility index (Phi) is 8.19. The lowest BCUT2D eigenvalue weighted by molar-refractivity contribution is -0.141. The van der Waals surface area contributed by atoms with E-state index < -0.39 is 42.5 Å². The Labute approximate surface area is 122 Å². The molecule has 8 nitrogen and oxygen atoms in total. The zero-order valence-corrected chi connectivity index (χ0v) is 12.3. The average Bonchev–Trinajstić information content (AvgIpc) is 2.39. The van der Waals surface area contributed by atoms with Crippen molar-refractivity contribution in [2.75, 3.05) is 12.4 Å². The van der Waals surface area contributed by atoms with Gasteiger partial charge >= 0.3 is 5.97 Å². The highest BCUT2D eigenvalue weighted by molar-refractivity contribution is 7.80. The van der Waals surface area contributed by atoms with E-state index >= 15 is 0 Å². The summed E-state index contributed by atoms with van der Waals surface area (Å²) in [5, 5.41) is 22.3. The van der Waals surface area contributed by atoms with Crippen molar-refractivity contribution in [2.24, 2.45) is 11.7 Å². The van der Waals surface area contributed by atoms with Gasteiger partial charge in [0.2, 0.25) is 11.8 Å². The van der Waals surface area contributed by atoms with Crippen LogP contribution in [0.15, 0.2) is 0 Å². The minimum absolute atomic E-state index is 0.112. The monoisotopic (exact) mass is 307 g/mol. The van der Waals surface area contributed by atoms with E-state index in [0.717, 1.165) is 0 Å². The number of hydrogen-bond acceptors (Lipinski definition) is 6. The Bertz CT molecular complexity index is 364. The first kappa shape index (κ1) is 18.7. The van der Waals surface area contributed by atoms with Crippen LogP contribution in [-0.2, 0) is 14.4 Å². The number of carbonyl (C=O) groups is 3. The normalized spacial score (nSPS) is 15.3. The number of aliphatic carboxylic acids is 1. The summed E-state index contributed by atoms with van der Waals surface area (Å²) in [5.41, 5.74) is 5.61. The van der Waals surface area contributed by atoms with Gasteiger partial charge in [0.1, 0.15) is 12.1 Å². The van der Waals surface area contributed by atoms with Crippen molar-refractivity contribution in [2.45, 2.75) is 32.0 Å². The third kappa shape index (κ3) is 5.76. The fourth-order valence-electron chi connectivity index (χ4n) is 1.22. The zero-order chi connectivity index (χ0) is 15.9. The van der Waals surface area contributed by atoms with Crippen LogP contribution >= 0.6 is 12.6 Å². The third-order valence-electron chi connectivity index (χ3n) is 2.63. The van der Waals surface area contributed by atoms with Crippen LogP contribution in [0, 0.1) is 5.92 Å². The maximum absolute atomic E-state index is 11.8. The average molecular weight is 307 g/mol. The molecule has 0 aromatic rings. The molecule has 116 valence electrons. The highest BCUT2D eigenvalue weighted by Crippen LogP contribution is 1.99. The van der Waals surface area contributed by atoms with Crippen LogP contribution in [0.4, 0.5) is 0 Å². The Balaban J connectivity index is 4.64. The summed E-state index contributed by atoms with van der Waals surface area (Å²) in [6.07, 6.45) is 0.